The van der Waals surface area contributed by atoms with Crippen LogP contribution in [0.1, 0.15) is 6.92 Å². The minimum Gasteiger partial charge on any atom is -0.394 e. The second-order valence-electron chi connectivity index (χ2n) is 5.96. The van der Waals surface area contributed by atoms with Gasteiger partial charge in [0.25, 0.3) is 0 Å². The predicted molar refractivity (Wildman–Crippen MR) is 78.0 cm³/mol. The van der Waals surface area contributed by atoms with Crippen molar-refractivity contribution in [2.24, 2.45) is 0 Å². The van der Waals surface area contributed by atoms with Crippen molar-refractivity contribution >= 4 is 0 Å². The van der Waals surface area contributed by atoms with Gasteiger partial charge in [-0.25, -0.2) is 0 Å². The zero-order chi connectivity index (χ0) is 18.7. The molecule has 0 spiro atoms. The normalized spacial score (nSPS) is 48.5. The molecule has 0 aliphatic carbocycles. The van der Waals surface area contributed by atoms with Gasteiger partial charge in [-0.1, -0.05) is 0 Å². The van der Waals surface area contributed by atoms with Crippen molar-refractivity contribution in [1.29, 1.82) is 0 Å². The van der Waals surface area contributed by atoms with Crippen LogP contribution in [0, 0.1) is 0 Å². The van der Waals surface area contributed by atoms with Crippen molar-refractivity contribution < 1.29 is 54.7 Å². The van der Waals surface area contributed by atoms with Crippen LogP contribution in [0.3, 0.4) is 0 Å². The van der Waals surface area contributed by atoms with Crippen LogP contribution < -0.4 is 0 Å². The number of aliphatic hydroxyl groups excluding tert-OH is 7. The molecule has 0 saturated carbocycles. The van der Waals surface area contributed by atoms with Gasteiger partial charge in [-0.15, -0.1) is 0 Å². The van der Waals surface area contributed by atoms with Gasteiger partial charge >= 0.3 is 0 Å². The van der Waals surface area contributed by atoms with Crippen molar-refractivity contribution in [2.75, 3.05) is 19.8 Å². The third-order valence-corrected chi connectivity index (χ3v) is 4.30. The summed E-state index contributed by atoms with van der Waals surface area (Å²) >= 11 is 0. The molecular formula is C14H26O11. The second-order valence-corrected chi connectivity index (χ2v) is 5.96. The van der Waals surface area contributed by atoms with Crippen LogP contribution in [0.4, 0.5) is 0 Å². The molecule has 0 radical (unpaired) electrons. The summed E-state index contributed by atoms with van der Waals surface area (Å²) < 4.78 is 21.1. The number of ether oxygens (including phenoxy) is 4. The Morgan fingerprint density at radius 3 is 1.76 bits per heavy atom. The minimum absolute atomic E-state index is 0.170. The van der Waals surface area contributed by atoms with E-state index in [1.54, 1.807) is 6.92 Å². The maximum absolute atomic E-state index is 10.3. The van der Waals surface area contributed by atoms with E-state index in [1.165, 1.54) is 0 Å². The summed E-state index contributed by atoms with van der Waals surface area (Å²) in [5.41, 5.74) is 0. The molecule has 0 aromatic rings. The summed E-state index contributed by atoms with van der Waals surface area (Å²) in [7, 11) is 0. The van der Waals surface area contributed by atoms with Crippen LogP contribution >= 0.6 is 0 Å². The van der Waals surface area contributed by atoms with E-state index in [9.17, 15) is 30.6 Å². The van der Waals surface area contributed by atoms with Gasteiger partial charge in [0.05, 0.1) is 13.2 Å². The molecule has 10 atom stereocenters. The fourth-order valence-corrected chi connectivity index (χ4v) is 2.87. The lowest BCUT2D eigenvalue weighted by Crippen LogP contribution is -2.64. The van der Waals surface area contributed by atoms with Gasteiger partial charge in [-0.05, 0) is 6.92 Å². The van der Waals surface area contributed by atoms with Crippen molar-refractivity contribution in [1.82, 2.24) is 0 Å². The molecule has 11 nitrogen and oxygen atoms in total. The Labute approximate surface area is 143 Å². The van der Waals surface area contributed by atoms with E-state index in [-0.39, 0.29) is 6.61 Å². The van der Waals surface area contributed by atoms with Crippen molar-refractivity contribution in [2.45, 2.75) is 68.3 Å². The SMILES string of the molecule is CCOC1C(O)C(CO)OC(OC2OC(CO)C(O)C(O)C2O)C1O. The topological polar surface area (TPSA) is 179 Å². The molecule has 2 aliphatic heterocycles. The van der Waals surface area contributed by atoms with Gasteiger partial charge in [0.15, 0.2) is 12.6 Å². The molecule has 0 aromatic heterocycles. The van der Waals surface area contributed by atoms with Gasteiger partial charge in [-0.3, -0.25) is 0 Å². The van der Waals surface area contributed by atoms with Crippen LogP contribution in [-0.2, 0) is 18.9 Å². The monoisotopic (exact) mass is 370 g/mol. The summed E-state index contributed by atoms with van der Waals surface area (Å²) in [5.74, 6) is 0. The Bertz CT molecular complexity index is 408. The molecule has 2 aliphatic rings. The van der Waals surface area contributed by atoms with E-state index in [2.05, 4.69) is 0 Å². The summed E-state index contributed by atoms with van der Waals surface area (Å²) in [6.07, 6.45) is -14.1. The highest BCUT2D eigenvalue weighted by Crippen LogP contribution is 2.29. The van der Waals surface area contributed by atoms with E-state index >= 15 is 0 Å². The number of hydrogen-bond acceptors (Lipinski definition) is 11. The smallest absolute Gasteiger partial charge is 0.189 e. The minimum atomic E-state index is -1.68. The molecule has 2 heterocycles. The summed E-state index contributed by atoms with van der Waals surface area (Å²) in [6, 6.07) is 0. The molecular weight excluding hydrogens is 344 g/mol. The van der Waals surface area contributed by atoms with Crippen LogP contribution in [0.5, 0.6) is 0 Å². The van der Waals surface area contributed by atoms with Crippen LogP contribution in [-0.4, -0.2) is 117 Å². The fraction of sp³-hybridized carbons (Fsp3) is 1.00. The molecule has 2 fully saturated rings. The largest absolute Gasteiger partial charge is 0.394 e. The molecule has 25 heavy (non-hydrogen) atoms. The van der Waals surface area contributed by atoms with Crippen LogP contribution in [0.2, 0.25) is 0 Å². The third kappa shape index (κ3) is 4.28. The Kier molecular flexibility index (Phi) is 7.49. The highest BCUT2D eigenvalue weighted by Gasteiger charge is 2.50. The van der Waals surface area contributed by atoms with Crippen LogP contribution in [0.15, 0.2) is 0 Å². The quantitative estimate of drug-likeness (QED) is 0.240. The highest BCUT2D eigenvalue weighted by molar-refractivity contribution is 4.93. The lowest BCUT2D eigenvalue weighted by molar-refractivity contribution is -0.378. The molecule has 0 amide bonds. The van der Waals surface area contributed by atoms with E-state index in [1.807, 2.05) is 0 Å². The van der Waals surface area contributed by atoms with E-state index in [4.69, 9.17) is 24.1 Å². The van der Waals surface area contributed by atoms with Crippen LogP contribution in [0.25, 0.3) is 0 Å². The number of aliphatic hydroxyl groups is 7. The third-order valence-electron chi connectivity index (χ3n) is 4.30. The first-order valence-corrected chi connectivity index (χ1v) is 8.05. The molecule has 10 unspecified atom stereocenters. The fourth-order valence-electron chi connectivity index (χ4n) is 2.87. The van der Waals surface area contributed by atoms with Crippen molar-refractivity contribution in [3.63, 3.8) is 0 Å². The van der Waals surface area contributed by atoms with Gasteiger partial charge in [0.1, 0.15) is 48.8 Å². The lowest BCUT2D eigenvalue weighted by atomic mass is 9.98. The molecule has 0 bridgehead atoms. The van der Waals surface area contributed by atoms with E-state index in [0.29, 0.717) is 0 Å². The van der Waals surface area contributed by atoms with Crippen molar-refractivity contribution in [3.05, 3.63) is 0 Å². The van der Waals surface area contributed by atoms with Crippen molar-refractivity contribution in [3.8, 4) is 0 Å². The van der Waals surface area contributed by atoms with Gasteiger partial charge in [0.2, 0.25) is 0 Å². The van der Waals surface area contributed by atoms with Gasteiger partial charge < -0.3 is 54.7 Å². The lowest BCUT2D eigenvalue weighted by Gasteiger charge is -2.45. The number of rotatable bonds is 6. The number of hydrogen-bond donors (Lipinski definition) is 7. The highest BCUT2D eigenvalue weighted by atomic mass is 16.8. The molecule has 11 heteroatoms. The first kappa shape index (κ1) is 20.9. The van der Waals surface area contributed by atoms with E-state index < -0.39 is 74.6 Å². The summed E-state index contributed by atoms with van der Waals surface area (Å²) in [6.45, 7) is 0.602. The molecule has 148 valence electrons. The average molecular weight is 370 g/mol. The molecule has 7 N–H and O–H groups in total. The predicted octanol–water partition coefficient (Wildman–Crippen LogP) is -4.35. The maximum atomic E-state index is 10.3. The zero-order valence-electron chi connectivity index (χ0n) is 13.7. The average Bonchev–Trinajstić information content (AvgIpc) is 2.61. The summed E-state index contributed by atoms with van der Waals surface area (Å²) in [4.78, 5) is 0. The van der Waals surface area contributed by atoms with Gasteiger partial charge in [0, 0.05) is 6.61 Å². The molecule has 0 aromatic carbocycles. The van der Waals surface area contributed by atoms with E-state index in [0.717, 1.165) is 0 Å². The molecule has 2 rings (SSSR count). The Morgan fingerprint density at radius 1 is 0.720 bits per heavy atom. The zero-order valence-corrected chi connectivity index (χ0v) is 13.7. The van der Waals surface area contributed by atoms with Gasteiger partial charge in [-0.2, -0.15) is 0 Å². The molecule has 2 saturated heterocycles. The maximum Gasteiger partial charge on any atom is 0.189 e. The first-order chi connectivity index (χ1) is 11.8. The summed E-state index contributed by atoms with van der Waals surface area (Å²) in [5, 5.41) is 68.3. The standard InChI is InChI=1S/C14H26O11/c1-2-22-12-8(18)6(4-16)24-14(11(12)21)25-13-10(20)9(19)7(17)5(3-15)23-13/h5-21H,2-4H2,1H3. The Hall–Kier alpha value is -0.440. The second kappa shape index (κ2) is 8.97. The Morgan fingerprint density at radius 2 is 1.24 bits per heavy atom. The first-order valence-electron chi connectivity index (χ1n) is 8.05. The Balaban J connectivity index is 2.11.